The third-order valence-electron chi connectivity index (χ3n) is 0. The van der Waals surface area contributed by atoms with Crippen LogP contribution in [0.2, 0.25) is 0 Å². The zero-order valence-corrected chi connectivity index (χ0v) is 4.68. The summed E-state index contributed by atoms with van der Waals surface area (Å²) in [6, 6.07) is 0. The standard InChI is InChI=1S/C3H8.Rh/c1-3-2;/h3H2,1-2H3;. The molecule has 0 aliphatic rings. The predicted octanol–water partition coefficient (Wildman–Crippen LogP) is 1.41. The molecule has 0 spiro atoms. The van der Waals surface area contributed by atoms with Crippen LogP contribution < -0.4 is 0 Å². The van der Waals surface area contributed by atoms with Gasteiger partial charge >= 0.3 is 0 Å². The zero-order chi connectivity index (χ0) is 2.71. The number of rotatable bonds is 0. The van der Waals surface area contributed by atoms with Gasteiger partial charge in [0.2, 0.25) is 0 Å². The molecule has 0 saturated carbocycles. The van der Waals surface area contributed by atoms with E-state index in [1.54, 1.807) is 0 Å². The fourth-order valence-corrected chi connectivity index (χ4v) is 0. The SMILES string of the molecule is CCC.[Rh]. The molecule has 0 N–H and O–H groups in total. The van der Waals surface area contributed by atoms with E-state index in [0.717, 1.165) is 0 Å². The van der Waals surface area contributed by atoms with Gasteiger partial charge in [0.25, 0.3) is 0 Å². The zero-order valence-electron chi connectivity index (χ0n) is 3.04. The monoisotopic (exact) mass is 147 g/mol. The minimum atomic E-state index is 0. The van der Waals surface area contributed by atoms with Gasteiger partial charge in [0.15, 0.2) is 0 Å². The van der Waals surface area contributed by atoms with E-state index in [0.29, 0.717) is 0 Å². The number of hydrogen-bond acceptors (Lipinski definition) is 0. The van der Waals surface area contributed by atoms with Crippen LogP contribution in [0.4, 0.5) is 0 Å². The Morgan fingerprint density at radius 2 is 1.25 bits per heavy atom. The van der Waals surface area contributed by atoms with Crippen molar-refractivity contribution in [1.29, 1.82) is 0 Å². The van der Waals surface area contributed by atoms with Crippen molar-refractivity contribution in [3.63, 3.8) is 0 Å². The van der Waals surface area contributed by atoms with Crippen LogP contribution in [0, 0.1) is 0 Å². The van der Waals surface area contributed by atoms with Gasteiger partial charge in [0.05, 0.1) is 0 Å². The summed E-state index contributed by atoms with van der Waals surface area (Å²) in [4.78, 5) is 0. The average molecular weight is 147 g/mol. The van der Waals surface area contributed by atoms with Gasteiger partial charge in [-0.2, -0.15) is 0 Å². The number of hydrogen-bond donors (Lipinski definition) is 0. The first-order valence-corrected chi connectivity index (χ1v) is 1.41. The summed E-state index contributed by atoms with van der Waals surface area (Å²) >= 11 is 0. The molecule has 0 amide bonds. The van der Waals surface area contributed by atoms with Crippen molar-refractivity contribution in [3.05, 3.63) is 0 Å². The molecule has 0 bridgehead atoms. The van der Waals surface area contributed by atoms with E-state index in [1.807, 2.05) is 0 Å². The first-order chi connectivity index (χ1) is 1.41. The molecular weight excluding hydrogens is 139 g/mol. The normalized spacial score (nSPS) is 4.50. The second-order valence-corrected chi connectivity index (χ2v) is 0.707. The summed E-state index contributed by atoms with van der Waals surface area (Å²) in [7, 11) is 0. The van der Waals surface area contributed by atoms with Gasteiger partial charge in [-0.05, 0) is 0 Å². The van der Waals surface area contributed by atoms with Crippen LogP contribution in [0.25, 0.3) is 0 Å². The first kappa shape index (κ1) is 8.82. The van der Waals surface area contributed by atoms with Gasteiger partial charge in [-0.3, -0.25) is 0 Å². The van der Waals surface area contributed by atoms with Crippen molar-refractivity contribution >= 4 is 0 Å². The third kappa shape index (κ3) is 17.8. The molecule has 0 nitrogen and oxygen atoms in total. The second-order valence-electron chi connectivity index (χ2n) is 0.707. The van der Waals surface area contributed by atoms with Gasteiger partial charge in [-0.15, -0.1) is 0 Å². The molecule has 0 rings (SSSR count). The van der Waals surface area contributed by atoms with Gasteiger partial charge < -0.3 is 0 Å². The topological polar surface area (TPSA) is 0 Å². The van der Waals surface area contributed by atoms with Crippen molar-refractivity contribution in [2.24, 2.45) is 0 Å². The molecule has 0 saturated heterocycles. The molecular formula is C3H8Rh. The molecule has 0 aromatic carbocycles. The average Bonchev–Trinajstić information content (AvgIpc) is 0.918. The second kappa shape index (κ2) is 9.46. The summed E-state index contributed by atoms with van der Waals surface area (Å²) in [5.41, 5.74) is 0. The fraction of sp³-hybridized carbons (Fsp3) is 1.00. The fourth-order valence-electron chi connectivity index (χ4n) is 0. The van der Waals surface area contributed by atoms with E-state index in [2.05, 4.69) is 13.8 Å². The summed E-state index contributed by atoms with van der Waals surface area (Å²) in [5, 5.41) is 0. The van der Waals surface area contributed by atoms with Crippen LogP contribution in [0.5, 0.6) is 0 Å². The van der Waals surface area contributed by atoms with Gasteiger partial charge in [0.1, 0.15) is 0 Å². The molecule has 0 aliphatic carbocycles. The predicted molar refractivity (Wildman–Crippen MR) is 16.0 cm³/mol. The van der Waals surface area contributed by atoms with E-state index in [-0.39, 0.29) is 19.5 Å². The Bertz CT molecular complexity index is 3.25. The quantitative estimate of drug-likeness (QED) is 0.454. The van der Waals surface area contributed by atoms with Gasteiger partial charge in [-0.1, -0.05) is 20.3 Å². The largest absolute Gasteiger partial charge is 0.0656 e. The molecule has 1 heteroatoms. The Morgan fingerprint density at radius 3 is 1.25 bits per heavy atom. The van der Waals surface area contributed by atoms with Crippen molar-refractivity contribution < 1.29 is 19.5 Å². The maximum Gasteiger partial charge on any atom is 0 e. The van der Waals surface area contributed by atoms with E-state index >= 15 is 0 Å². The van der Waals surface area contributed by atoms with Gasteiger partial charge in [-0.25, -0.2) is 0 Å². The minimum absolute atomic E-state index is 0. The van der Waals surface area contributed by atoms with E-state index < -0.39 is 0 Å². The molecule has 0 aromatic heterocycles. The first-order valence-electron chi connectivity index (χ1n) is 1.41. The van der Waals surface area contributed by atoms with Crippen LogP contribution in [0.15, 0.2) is 0 Å². The van der Waals surface area contributed by atoms with E-state index in [4.69, 9.17) is 0 Å². The van der Waals surface area contributed by atoms with Crippen molar-refractivity contribution in [2.45, 2.75) is 20.3 Å². The summed E-state index contributed by atoms with van der Waals surface area (Å²) in [6.07, 6.45) is 1.25. The Balaban J connectivity index is 0. The van der Waals surface area contributed by atoms with Gasteiger partial charge in [0, 0.05) is 19.5 Å². The molecule has 0 aliphatic heterocycles. The molecule has 0 heterocycles. The van der Waals surface area contributed by atoms with E-state index in [1.165, 1.54) is 6.42 Å². The van der Waals surface area contributed by atoms with Crippen LogP contribution in [-0.4, -0.2) is 0 Å². The molecule has 0 atom stereocenters. The molecule has 29 valence electrons. The van der Waals surface area contributed by atoms with Crippen LogP contribution in [-0.2, 0) is 19.5 Å². The summed E-state index contributed by atoms with van der Waals surface area (Å²) in [5.74, 6) is 0. The Hall–Kier alpha value is 0.623. The summed E-state index contributed by atoms with van der Waals surface area (Å²) < 4.78 is 0. The van der Waals surface area contributed by atoms with Crippen molar-refractivity contribution in [2.75, 3.05) is 0 Å². The maximum atomic E-state index is 2.12. The Kier molecular flexibility index (Phi) is 20.9. The molecule has 0 unspecified atom stereocenters. The third-order valence-corrected chi connectivity index (χ3v) is 0. The van der Waals surface area contributed by atoms with Crippen molar-refractivity contribution in [3.8, 4) is 0 Å². The van der Waals surface area contributed by atoms with Crippen LogP contribution >= 0.6 is 0 Å². The van der Waals surface area contributed by atoms with E-state index in [9.17, 15) is 0 Å². The summed E-state index contributed by atoms with van der Waals surface area (Å²) in [6.45, 7) is 4.25. The molecule has 0 aromatic rings. The van der Waals surface area contributed by atoms with Crippen LogP contribution in [0.1, 0.15) is 20.3 Å². The smallest absolute Gasteiger partial charge is 0 e. The molecule has 1 radical (unpaired) electrons. The Morgan fingerprint density at radius 1 is 1.25 bits per heavy atom. The molecule has 0 fully saturated rings. The molecule has 4 heavy (non-hydrogen) atoms. The Labute approximate surface area is 40.4 Å². The maximum absolute atomic E-state index is 2.12. The van der Waals surface area contributed by atoms with Crippen molar-refractivity contribution in [1.82, 2.24) is 0 Å². The van der Waals surface area contributed by atoms with Crippen LogP contribution in [0.3, 0.4) is 0 Å². The minimum Gasteiger partial charge on any atom is -0.0656 e.